The lowest BCUT2D eigenvalue weighted by molar-refractivity contribution is -0.385. The fraction of sp³-hybridized carbons (Fsp3) is 0. The van der Waals surface area contributed by atoms with Gasteiger partial charge in [0, 0.05) is 10.5 Å². The highest BCUT2D eigenvalue weighted by molar-refractivity contribution is 9.10. The van der Waals surface area contributed by atoms with Crippen LogP contribution in [-0.4, -0.2) is 9.91 Å². The lowest BCUT2D eigenvalue weighted by Crippen LogP contribution is -1.93. The topological polar surface area (TPSA) is 65.3 Å². The Bertz CT molecular complexity index is 652. The molecule has 0 spiro atoms. The molecular formula is C11H5BrCl2N2O3. The highest BCUT2D eigenvalue weighted by atomic mass is 79.9. The Morgan fingerprint density at radius 3 is 2.63 bits per heavy atom. The number of nitrogens with zero attached hydrogens (tertiary/aromatic N) is 2. The number of pyridine rings is 1. The van der Waals surface area contributed by atoms with Gasteiger partial charge in [-0.05, 0) is 18.2 Å². The minimum Gasteiger partial charge on any atom is -0.436 e. The van der Waals surface area contributed by atoms with Crippen molar-refractivity contribution in [1.29, 1.82) is 0 Å². The zero-order valence-corrected chi connectivity index (χ0v) is 12.2. The van der Waals surface area contributed by atoms with Gasteiger partial charge >= 0.3 is 0 Å². The Hall–Kier alpha value is -1.37. The van der Waals surface area contributed by atoms with Gasteiger partial charge in [0.25, 0.3) is 5.69 Å². The molecule has 0 N–H and O–H groups in total. The van der Waals surface area contributed by atoms with Crippen molar-refractivity contribution in [2.45, 2.75) is 0 Å². The van der Waals surface area contributed by atoms with Crippen LogP contribution in [0.3, 0.4) is 0 Å². The Kier molecular flexibility index (Phi) is 4.24. The maximum Gasteiger partial charge on any atom is 0.289 e. The van der Waals surface area contributed by atoms with E-state index >= 15 is 0 Å². The fourth-order valence-electron chi connectivity index (χ4n) is 1.25. The maximum absolute atomic E-state index is 10.6. The SMILES string of the molecule is O=[N+]([O-])c1cnc(Oc2cc(Br)ccc2Cl)c(Cl)c1. The molecule has 2 aromatic rings. The lowest BCUT2D eigenvalue weighted by Gasteiger charge is -2.08. The van der Waals surface area contributed by atoms with Crippen LogP contribution in [0.1, 0.15) is 0 Å². The molecule has 0 amide bonds. The molecule has 1 aromatic carbocycles. The molecule has 0 saturated carbocycles. The van der Waals surface area contributed by atoms with E-state index in [4.69, 9.17) is 27.9 Å². The van der Waals surface area contributed by atoms with Crippen LogP contribution in [0.2, 0.25) is 10.0 Å². The molecule has 0 atom stereocenters. The van der Waals surface area contributed by atoms with Crippen LogP contribution < -0.4 is 4.74 Å². The Labute approximate surface area is 126 Å². The highest BCUT2D eigenvalue weighted by Crippen LogP contribution is 2.35. The second-order valence-electron chi connectivity index (χ2n) is 3.41. The standard InChI is InChI=1S/C11H5BrCl2N2O3/c12-6-1-2-8(13)10(3-6)19-11-9(14)4-7(5-15-11)16(17)18/h1-5H. The van der Waals surface area contributed by atoms with Gasteiger partial charge in [0.2, 0.25) is 5.88 Å². The minimum atomic E-state index is -0.589. The molecule has 5 nitrogen and oxygen atoms in total. The van der Waals surface area contributed by atoms with E-state index in [1.807, 2.05) is 0 Å². The third kappa shape index (κ3) is 3.34. The molecule has 1 heterocycles. The molecule has 0 saturated heterocycles. The molecule has 0 aliphatic rings. The number of ether oxygens (including phenoxy) is 1. The summed E-state index contributed by atoms with van der Waals surface area (Å²) in [5.41, 5.74) is -0.210. The molecule has 0 fully saturated rings. The van der Waals surface area contributed by atoms with Crippen molar-refractivity contribution in [1.82, 2.24) is 4.98 Å². The number of nitro groups is 1. The smallest absolute Gasteiger partial charge is 0.289 e. The molecule has 19 heavy (non-hydrogen) atoms. The molecule has 8 heteroatoms. The molecule has 0 bridgehead atoms. The highest BCUT2D eigenvalue weighted by Gasteiger charge is 2.13. The average molecular weight is 364 g/mol. The average Bonchev–Trinajstić information content (AvgIpc) is 2.36. The van der Waals surface area contributed by atoms with Crippen LogP contribution in [-0.2, 0) is 0 Å². The van der Waals surface area contributed by atoms with Crippen molar-refractivity contribution in [3.63, 3.8) is 0 Å². The zero-order chi connectivity index (χ0) is 14.0. The number of halogens is 3. The molecule has 2 rings (SSSR count). The quantitative estimate of drug-likeness (QED) is 0.577. The summed E-state index contributed by atoms with van der Waals surface area (Å²) in [5, 5.41) is 11.0. The summed E-state index contributed by atoms with van der Waals surface area (Å²) in [6.45, 7) is 0. The van der Waals surface area contributed by atoms with E-state index in [1.165, 1.54) is 0 Å². The van der Waals surface area contributed by atoms with Gasteiger partial charge in [-0.25, -0.2) is 4.98 Å². The van der Waals surface area contributed by atoms with Crippen LogP contribution in [0.5, 0.6) is 11.6 Å². The molecule has 0 unspecified atom stereocenters. The summed E-state index contributed by atoms with van der Waals surface area (Å²) < 4.78 is 6.20. The number of benzene rings is 1. The van der Waals surface area contributed by atoms with Crippen molar-refractivity contribution in [3.05, 3.63) is 55.1 Å². The monoisotopic (exact) mass is 362 g/mol. The number of aromatic nitrogens is 1. The molecule has 0 aliphatic heterocycles. The first-order valence-electron chi connectivity index (χ1n) is 4.90. The van der Waals surface area contributed by atoms with Gasteiger partial charge in [-0.15, -0.1) is 0 Å². The second kappa shape index (κ2) is 5.73. The van der Waals surface area contributed by atoms with Crippen molar-refractivity contribution in [2.24, 2.45) is 0 Å². The molecule has 98 valence electrons. The van der Waals surface area contributed by atoms with Gasteiger partial charge in [-0.3, -0.25) is 10.1 Å². The van der Waals surface area contributed by atoms with E-state index < -0.39 is 4.92 Å². The largest absolute Gasteiger partial charge is 0.436 e. The minimum absolute atomic E-state index is 0.0326. The van der Waals surface area contributed by atoms with Gasteiger partial charge in [0.1, 0.15) is 17.0 Å². The van der Waals surface area contributed by atoms with Crippen LogP contribution in [0.4, 0.5) is 5.69 Å². The first-order chi connectivity index (χ1) is 8.97. The predicted octanol–water partition coefficient (Wildman–Crippen LogP) is 4.85. The summed E-state index contributed by atoms with van der Waals surface area (Å²) in [7, 11) is 0. The fourth-order valence-corrected chi connectivity index (χ4v) is 1.95. The predicted molar refractivity (Wildman–Crippen MR) is 75.1 cm³/mol. The van der Waals surface area contributed by atoms with E-state index in [9.17, 15) is 10.1 Å². The van der Waals surface area contributed by atoms with Crippen LogP contribution in [0.25, 0.3) is 0 Å². The molecule has 0 radical (unpaired) electrons. The summed E-state index contributed by atoms with van der Waals surface area (Å²) in [6, 6.07) is 6.19. The van der Waals surface area contributed by atoms with Gasteiger partial charge in [-0.1, -0.05) is 39.1 Å². The number of hydrogen-bond acceptors (Lipinski definition) is 4. The zero-order valence-electron chi connectivity index (χ0n) is 9.14. The van der Waals surface area contributed by atoms with Crippen molar-refractivity contribution < 1.29 is 9.66 Å². The third-order valence-corrected chi connectivity index (χ3v) is 3.18. The normalized spacial score (nSPS) is 10.3. The van der Waals surface area contributed by atoms with Crippen molar-refractivity contribution in [2.75, 3.05) is 0 Å². The first kappa shape index (κ1) is 14.0. The van der Waals surface area contributed by atoms with E-state index in [2.05, 4.69) is 20.9 Å². The molecule has 0 aliphatic carbocycles. The van der Waals surface area contributed by atoms with Gasteiger partial charge < -0.3 is 4.74 Å². The lowest BCUT2D eigenvalue weighted by atomic mass is 10.3. The van der Waals surface area contributed by atoms with Crippen molar-refractivity contribution in [3.8, 4) is 11.6 Å². The second-order valence-corrected chi connectivity index (χ2v) is 5.14. The van der Waals surface area contributed by atoms with E-state index in [0.29, 0.717) is 10.8 Å². The number of rotatable bonds is 3. The van der Waals surface area contributed by atoms with Crippen LogP contribution >= 0.6 is 39.1 Å². The van der Waals surface area contributed by atoms with Crippen LogP contribution in [0, 0.1) is 10.1 Å². The summed E-state index contributed by atoms with van der Waals surface area (Å²) >= 11 is 15.1. The van der Waals surface area contributed by atoms with Gasteiger partial charge in [0.05, 0.1) is 9.95 Å². The Morgan fingerprint density at radius 1 is 1.26 bits per heavy atom. The Morgan fingerprint density at radius 2 is 2.00 bits per heavy atom. The summed E-state index contributed by atoms with van der Waals surface area (Å²) in [6.07, 6.45) is 1.06. The van der Waals surface area contributed by atoms with Gasteiger partial charge in [0.15, 0.2) is 0 Å². The first-order valence-corrected chi connectivity index (χ1v) is 6.45. The Balaban J connectivity index is 2.33. The maximum atomic E-state index is 10.6. The summed E-state index contributed by atoms with van der Waals surface area (Å²) in [5.74, 6) is 0.395. The third-order valence-electron chi connectivity index (χ3n) is 2.10. The summed E-state index contributed by atoms with van der Waals surface area (Å²) in [4.78, 5) is 13.8. The van der Waals surface area contributed by atoms with E-state index in [-0.39, 0.29) is 16.6 Å². The molecule has 1 aromatic heterocycles. The van der Waals surface area contributed by atoms with Crippen LogP contribution in [0.15, 0.2) is 34.9 Å². The van der Waals surface area contributed by atoms with E-state index in [0.717, 1.165) is 16.7 Å². The van der Waals surface area contributed by atoms with Crippen molar-refractivity contribution >= 4 is 44.8 Å². The van der Waals surface area contributed by atoms with Gasteiger partial charge in [-0.2, -0.15) is 0 Å². The molecular weight excluding hydrogens is 359 g/mol. The van der Waals surface area contributed by atoms with E-state index in [1.54, 1.807) is 18.2 Å². The number of hydrogen-bond donors (Lipinski definition) is 0.